The fraction of sp³-hybridized carbons (Fsp3) is 0.435. The van der Waals surface area contributed by atoms with E-state index >= 15 is 0 Å². The normalized spacial score (nSPS) is 16.8. The molecular formula is C23H30N2O2. The summed E-state index contributed by atoms with van der Waals surface area (Å²) >= 11 is 0. The van der Waals surface area contributed by atoms with Crippen molar-refractivity contribution in [2.45, 2.75) is 52.0 Å². The van der Waals surface area contributed by atoms with Crippen molar-refractivity contribution >= 4 is 5.91 Å². The summed E-state index contributed by atoms with van der Waals surface area (Å²) in [4.78, 5) is 14.7. The third kappa shape index (κ3) is 5.91. The molecule has 1 saturated heterocycles. The minimum atomic E-state index is -0.106. The Kier molecular flexibility index (Phi) is 7.02. The summed E-state index contributed by atoms with van der Waals surface area (Å²) in [5, 5.41) is 3.06. The van der Waals surface area contributed by atoms with Gasteiger partial charge in [-0.15, -0.1) is 0 Å². The second-order valence-corrected chi connectivity index (χ2v) is 7.41. The number of likely N-dealkylation sites (tertiary alicyclic amines) is 1. The van der Waals surface area contributed by atoms with Gasteiger partial charge in [0.15, 0.2) is 0 Å². The summed E-state index contributed by atoms with van der Waals surface area (Å²) in [6, 6.07) is 18.5. The maximum atomic E-state index is 12.5. The molecule has 1 fully saturated rings. The van der Waals surface area contributed by atoms with Crippen molar-refractivity contribution in [1.29, 1.82) is 0 Å². The number of hydrogen-bond acceptors (Lipinski definition) is 3. The van der Waals surface area contributed by atoms with Gasteiger partial charge in [0.1, 0.15) is 0 Å². The molecular weight excluding hydrogens is 336 g/mol. The van der Waals surface area contributed by atoms with Gasteiger partial charge in [-0.3, -0.25) is 9.69 Å². The van der Waals surface area contributed by atoms with Gasteiger partial charge in [0.05, 0.1) is 18.8 Å². The molecule has 4 nitrogen and oxygen atoms in total. The van der Waals surface area contributed by atoms with Crippen molar-refractivity contribution in [1.82, 2.24) is 10.2 Å². The summed E-state index contributed by atoms with van der Waals surface area (Å²) in [6.07, 6.45) is 2.23. The van der Waals surface area contributed by atoms with E-state index in [2.05, 4.69) is 53.5 Å². The third-order valence-corrected chi connectivity index (χ3v) is 5.32. The Bertz CT molecular complexity index is 707. The quantitative estimate of drug-likeness (QED) is 0.813. The highest BCUT2D eigenvalue weighted by atomic mass is 16.5. The SMILES string of the molecule is Cc1ccc(CNC(=O)C(C)N2CCC(OCc3ccccc3)CC2)cc1. The smallest absolute Gasteiger partial charge is 0.237 e. The van der Waals surface area contributed by atoms with Crippen molar-refractivity contribution in [3.63, 3.8) is 0 Å². The van der Waals surface area contributed by atoms with Crippen LogP contribution >= 0.6 is 0 Å². The van der Waals surface area contributed by atoms with E-state index in [9.17, 15) is 4.79 Å². The molecule has 1 unspecified atom stereocenters. The van der Waals surface area contributed by atoms with Crippen molar-refractivity contribution < 1.29 is 9.53 Å². The van der Waals surface area contributed by atoms with Crippen molar-refractivity contribution in [3.8, 4) is 0 Å². The first-order valence-electron chi connectivity index (χ1n) is 9.84. The van der Waals surface area contributed by atoms with E-state index < -0.39 is 0 Å². The van der Waals surface area contributed by atoms with E-state index in [1.54, 1.807) is 0 Å². The fourth-order valence-electron chi connectivity index (χ4n) is 3.43. The zero-order valence-corrected chi connectivity index (χ0v) is 16.4. The molecule has 2 aromatic carbocycles. The number of carbonyl (C=O) groups excluding carboxylic acids is 1. The van der Waals surface area contributed by atoms with Gasteiger partial charge in [0.2, 0.25) is 5.91 Å². The molecule has 4 heteroatoms. The number of benzene rings is 2. The number of nitrogens with one attached hydrogen (secondary N) is 1. The van der Waals surface area contributed by atoms with Crippen molar-refractivity contribution in [3.05, 3.63) is 71.3 Å². The molecule has 1 amide bonds. The minimum Gasteiger partial charge on any atom is -0.373 e. The Balaban J connectivity index is 1.39. The van der Waals surface area contributed by atoms with Gasteiger partial charge in [0.25, 0.3) is 0 Å². The minimum absolute atomic E-state index is 0.0965. The molecule has 0 saturated carbocycles. The third-order valence-electron chi connectivity index (χ3n) is 5.32. The maximum Gasteiger partial charge on any atom is 0.237 e. The standard InChI is InChI=1S/C23H30N2O2/c1-18-8-10-20(11-9-18)16-24-23(26)19(2)25-14-12-22(13-15-25)27-17-21-6-4-3-5-7-21/h3-11,19,22H,12-17H2,1-2H3,(H,24,26). The van der Waals surface area contributed by atoms with Crippen LogP contribution in [0.25, 0.3) is 0 Å². The van der Waals surface area contributed by atoms with Crippen LogP contribution in [0.3, 0.4) is 0 Å². The molecule has 144 valence electrons. The summed E-state index contributed by atoms with van der Waals surface area (Å²) < 4.78 is 6.05. The van der Waals surface area contributed by atoms with Crippen molar-refractivity contribution in [2.24, 2.45) is 0 Å². The molecule has 2 aromatic rings. The van der Waals surface area contributed by atoms with Crippen molar-refractivity contribution in [2.75, 3.05) is 13.1 Å². The van der Waals surface area contributed by atoms with Gasteiger partial charge >= 0.3 is 0 Å². The molecule has 1 aliphatic heterocycles. The van der Waals surface area contributed by atoms with Crippen LogP contribution in [0.4, 0.5) is 0 Å². The van der Waals surface area contributed by atoms with Crippen LogP contribution in [0.1, 0.15) is 36.5 Å². The first-order valence-corrected chi connectivity index (χ1v) is 9.84. The maximum absolute atomic E-state index is 12.5. The topological polar surface area (TPSA) is 41.6 Å². The molecule has 1 atom stereocenters. The highest BCUT2D eigenvalue weighted by molar-refractivity contribution is 5.81. The highest BCUT2D eigenvalue weighted by Crippen LogP contribution is 2.18. The van der Waals surface area contributed by atoms with Crippen LogP contribution in [0.15, 0.2) is 54.6 Å². The van der Waals surface area contributed by atoms with Gasteiger partial charge in [-0.2, -0.15) is 0 Å². The molecule has 3 rings (SSSR count). The molecule has 0 aromatic heterocycles. The number of aryl methyl sites for hydroxylation is 1. The molecule has 27 heavy (non-hydrogen) atoms. The molecule has 0 spiro atoms. The predicted molar refractivity (Wildman–Crippen MR) is 108 cm³/mol. The summed E-state index contributed by atoms with van der Waals surface area (Å²) in [5.41, 5.74) is 3.58. The average molecular weight is 367 g/mol. The molecule has 0 aliphatic carbocycles. The Morgan fingerprint density at radius 2 is 1.74 bits per heavy atom. The Morgan fingerprint density at radius 3 is 2.41 bits per heavy atom. The van der Waals surface area contributed by atoms with Gasteiger partial charge in [-0.25, -0.2) is 0 Å². The van der Waals surface area contributed by atoms with E-state index in [0.29, 0.717) is 13.2 Å². The molecule has 0 radical (unpaired) electrons. The number of nitrogens with zero attached hydrogens (tertiary/aromatic N) is 1. The second-order valence-electron chi connectivity index (χ2n) is 7.41. The number of ether oxygens (including phenoxy) is 1. The Hall–Kier alpha value is -2.17. The number of carbonyl (C=O) groups is 1. The van der Waals surface area contributed by atoms with E-state index in [1.165, 1.54) is 11.1 Å². The Morgan fingerprint density at radius 1 is 1.07 bits per heavy atom. The van der Waals surface area contributed by atoms with E-state index in [4.69, 9.17) is 4.74 Å². The fourth-order valence-corrected chi connectivity index (χ4v) is 3.43. The van der Waals surface area contributed by atoms with Gasteiger partial charge in [-0.1, -0.05) is 60.2 Å². The summed E-state index contributed by atoms with van der Waals surface area (Å²) in [5.74, 6) is 0.0965. The van der Waals surface area contributed by atoms with Gasteiger partial charge < -0.3 is 10.1 Å². The van der Waals surface area contributed by atoms with Crippen LogP contribution in [-0.4, -0.2) is 36.0 Å². The lowest BCUT2D eigenvalue weighted by Gasteiger charge is -2.35. The van der Waals surface area contributed by atoms with Crippen LogP contribution in [-0.2, 0) is 22.7 Å². The van der Waals surface area contributed by atoms with Crippen LogP contribution in [0, 0.1) is 6.92 Å². The number of piperidine rings is 1. The molecule has 0 bridgehead atoms. The van der Waals surface area contributed by atoms with Crippen LogP contribution in [0.5, 0.6) is 0 Å². The number of amides is 1. The lowest BCUT2D eigenvalue weighted by atomic mass is 10.1. The molecule has 1 N–H and O–H groups in total. The van der Waals surface area contributed by atoms with E-state index in [1.807, 2.05) is 25.1 Å². The lowest BCUT2D eigenvalue weighted by molar-refractivity contribution is -0.127. The zero-order valence-electron chi connectivity index (χ0n) is 16.4. The summed E-state index contributed by atoms with van der Waals surface area (Å²) in [6.45, 7) is 7.11. The lowest BCUT2D eigenvalue weighted by Crippen LogP contribution is -2.49. The van der Waals surface area contributed by atoms with E-state index in [-0.39, 0.29) is 18.1 Å². The summed E-state index contributed by atoms with van der Waals surface area (Å²) in [7, 11) is 0. The van der Waals surface area contributed by atoms with E-state index in [0.717, 1.165) is 31.5 Å². The largest absolute Gasteiger partial charge is 0.373 e. The first kappa shape index (κ1) is 19.6. The van der Waals surface area contributed by atoms with Gasteiger partial charge in [0, 0.05) is 19.6 Å². The zero-order chi connectivity index (χ0) is 19.1. The predicted octanol–water partition coefficient (Wildman–Crippen LogP) is 3.68. The number of rotatable bonds is 7. The highest BCUT2D eigenvalue weighted by Gasteiger charge is 2.26. The first-order chi connectivity index (χ1) is 13.1. The van der Waals surface area contributed by atoms with Crippen LogP contribution < -0.4 is 5.32 Å². The monoisotopic (exact) mass is 366 g/mol. The molecule has 1 aliphatic rings. The second kappa shape index (κ2) is 9.67. The number of hydrogen-bond donors (Lipinski definition) is 1. The average Bonchev–Trinajstić information content (AvgIpc) is 2.72. The van der Waals surface area contributed by atoms with Crippen LogP contribution in [0.2, 0.25) is 0 Å². The molecule has 1 heterocycles. The van der Waals surface area contributed by atoms with Gasteiger partial charge in [-0.05, 0) is 37.8 Å². The Labute approximate surface area is 162 Å².